The van der Waals surface area contributed by atoms with Gasteiger partial charge in [0.25, 0.3) is 0 Å². The van der Waals surface area contributed by atoms with Gasteiger partial charge in [0.15, 0.2) is 0 Å². The van der Waals surface area contributed by atoms with Gasteiger partial charge in [-0.2, -0.15) is 5.26 Å². The molecule has 1 atom stereocenters. The lowest BCUT2D eigenvalue weighted by atomic mass is 10.1. The summed E-state index contributed by atoms with van der Waals surface area (Å²) in [5, 5.41) is 11.8. The number of carbonyl (C=O) groups is 1. The van der Waals surface area contributed by atoms with E-state index in [0.717, 1.165) is 10.2 Å². The summed E-state index contributed by atoms with van der Waals surface area (Å²) in [5.41, 5.74) is 1.43. The molecular formula is C12H13BrN2O2. The van der Waals surface area contributed by atoms with Crippen LogP contribution in [0.2, 0.25) is 0 Å². The van der Waals surface area contributed by atoms with Gasteiger partial charge in [-0.1, -0.05) is 6.92 Å². The van der Waals surface area contributed by atoms with Crippen molar-refractivity contribution < 1.29 is 9.53 Å². The van der Waals surface area contributed by atoms with Crippen LogP contribution in [0.4, 0.5) is 5.69 Å². The molecule has 0 heterocycles. The summed E-state index contributed by atoms with van der Waals surface area (Å²) < 4.78 is 5.43. The Labute approximate surface area is 109 Å². The van der Waals surface area contributed by atoms with E-state index in [9.17, 15) is 4.79 Å². The highest BCUT2D eigenvalue weighted by Gasteiger charge is 2.13. The molecular weight excluding hydrogens is 284 g/mol. The van der Waals surface area contributed by atoms with Crippen molar-refractivity contribution in [2.45, 2.75) is 6.92 Å². The number of esters is 1. The van der Waals surface area contributed by atoms with Crippen LogP contribution >= 0.6 is 15.9 Å². The van der Waals surface area contributed by atoms with Gasteiger partial charge < -0.3 is 10.1 Å². The van der Waals surface area contributed by atoms with E-state index in [2.05, 4.69) is 32.1 Å². The zero-order valence-corrected chi connectivity index (χ0v) is 11.2. The molecule has 1 aromatic carbocycles. The van der Waals surface area contributed by atoms with Crippen LogP contribution in [0.5, 0.6) is 0 Å². The van der Waals surface area contributed by atoms with Crippen LogP contribution in [0.25, 0.3) is 0 Å². The fraction of sp³-hybridized carbons (Fsp3) is 0.333. The molecule has 0 aliphatic rings. The lowest BCUT2D eigenvalue weighted by Gasteiger charge is -2.12. The third kappa shape index (κ3) is 3.75. The first-order valence-corrected chi connectivity index (χ1v) is 5.89. The molecule has 0 aliphatic carbocycles. The van der Waals surface area contributed by atoms with Crippen LogP contribution in [-0.4, -0.2) is 19.6 Å². The van der Waals surface area contributed by atoms with Gasteiger partial charge in [0, 0.05) is 16.7 Å². The summed E-state index contributed by atoms with van der Waals surface area (Å²) >= 11 is 3.36. The first-order valence-electron chi connectivity index (χ1n) is 5.09. The number of nitrogens with zero attached hydrogens (tertiary/aromatic N) is 1. The lowest BCUT2D eigenvalue weighted by Crippen LogP contribution is -2.21. The Bertz CT molecular complexity index is 454. The minimum absolute atomic E-state index is 0.220. The molecule has 0 aromatic heterocycles. The standard InChI is InChI=1S/C12H13BrN2O2/c1-8(12(16)17-2)7-15-11-4-3-9(6-14)5-10(11)13/h3-5,8,15H,7H2,1-2H3. The highest BCUT2D eigenvalue weighted by molar-refractivity contribution is 9.10. The SMILES string of the molecule is COC(=O)C(C)CNc1ccc(C#N)cc1Br. The van der Waals surface area contributed by atoms with Gasteiger partial charge in [0.1, 0.15) is 0 Å². The number of hydrogen-bond donors (Lipinski definition) is 1. The number of nitriles is 1. The maximum Gasteiger partial charge on any atom is 0.310 e. The summed E-state index contributed by atoms with van der Waals surface area (Å²) in [6, 6.07) is 7.30. The van der Waals surface area contributed by atoms with E-state index >= 15 is 0 Å². The molecule has 1 unspecified atom stereocenters. The molecule has 0 spiro atoms. The summed E-state index contributed by atoms with van der Waals surface area (Å²) in [7, 11) is 1.37. The normalized spacial score (nSPS) is 11.4. The van der Waals surface area contributed by atoms with Crippen LogP contribution in [0.1, 0.15) is 12.5 Å². The minimum atomic E-state index is -0.248. The number of carbonyl (C=O) groups excluding carboxylic acids is 1. The van der Waals surface area contributed by atoms with E-state index in [0.29, 0.717) is 12.1 Å². The molecule has 0 bridgehead atoms. The number of hydrogen-bond acceptors (Lipinski definition) is 4. The van der Waals surface area contributed by atoms with Crippen molar-refractivity contribution in [3.8, 4) is 6.07 Å². The number of methoxy groups -OCH3 is 1. The average molecular weight is 297 g/mol. The fourth-order valence-electron chi connectivity index (χ4n) is 1.28. The van der Waals surface area contributed by atoms with E-state index in [-0.39, 0.29) is 11.9 Å². The van der Waals surface area contributed by atoms with E-state index in [4.69, 9.17) is 5.26 Å². The molecule has 1 N–H and O–H groups in total. The van der Waals surface area contributed by atoms with Gasteiger partial charge in [-0.3, -0.25) is 4.79 Å². The van der Waals surface area contributed by atoms with Crippen molar-refractivity contribution in [3.05, 3.63) is 28.2 Å². The van der Waals surface area contributed by atoms with Gasteiger partial charge in [-0.15, -0.1) is 0 Å². The predicted molar refractivity (Wildman–Crippen MR) is 68.5 cm³/mol. The highest BCUT2D eigenvalue weighted by Crippen LogP contribution is 2.23. The Morgan fingerprint density at radius 1 is 1.65 bits per heavy atom. The highest BCUT2D eigenvalue weighted by atomic mass is 79.9. The lowest BCUT2D eigenvalue weighted by molar-refractivity contribution is -0.144. The fourth-order valence-corrected chi connectivity index (χ4v) is 1.79. The molecule has 1 aromatic rings. The van der Waals surface area contributed by atoms with Gasteiger partial charge in [0.05, 0.1) is 24.7 Å². The van der Waals surface area contributed by atoms with Gasteiger partial charge in [-0.25, -0.2) is 0 Å². The van der Waals surface area contributed by atoms with E-state index in [1.165, 1.54) is 7.11 Å². The molecule has 1 rings (SSSR count). The number of nitrogens with one attached hydrogen (secondary N) is 1. The second-order valence-corrected chi connectivity index (χ2v) is 4.47. The number of halogens is 1. The molecule has 0 amide bonds. The third-order valence-electron chi connectivity index (χ3n) is 2.30. The maximum atomic E-state index is 11.2. The zero-order chi connectivity index (χ0) is 12.8. The molecule has 5 heteroatoms. The van der Waals surface area contributed by atoms with Crippen molar-refractivity contribution in [3.63, 3.8) is 0 Å². The van der Waals surface area contributed by atoms with E-state index < -0.39 is 0 Å². The van der Waals surface area contributed by atoms with Crippen LogP contribution in [0.15, 0.2) is 22.7 Å². The molecule has 0 aliphatic heterocycles. The largest absolute Gasteiger partial charge is 0.469 e. The van der Waals surface area contributed by atoms with Crippen molar-refractivity contribution in [1.29, 1.82) is 5.26 Å². The Hall–Kier alpha value is -1.54. The topological polar surface area (TPSA) is 62.1 Å². The monoisotopic (exact) mass is 296 g/mol. The van der Waals surface area contributed by atoms with Crippen LogP contribution in [0, 0.1) is 17.2 Å². The Morgan fingerprint density at radius 3 is 2.88 bits per heavy atom. The molecule has 0 saturated carbocycles. The summed E-state index contributed by atoms with van der Waals surface area (Å²) in [6.07, 6.45) is 0. The Kier molecular flexibility index (Phi) is 4.98. The Morgan fingerprint density at radius 2 is 2.35 bits per heavy atom. The quantitative estimate of drug-likeness (QED) is 0.868. The smallest absolute Gasteiger partial charge is 0.310 e. The van der Waals surface area contributed by atoms with Crippen molar-refractivity contribution >= 4 is 27.6 Å². The second kappa shape index (κ2) is 6.26. The molecule has 0 fully saturated rings. The number of ether oxygens (including phenoxy) is 1. The zero-order valence-electron chi connectivity index (χ0n) is 9.66. The van der Waals surface area contributed by atoms with Crippen molar-refractivity contribution in [2.75, 3.05) is 19.0 Å². The van der Waals surface area contributed by atoms with Gasteiger partial charge in [-0.05, 0) is 34.1 Å². The Balaban J connectivity index is 2.64. The number of benzene rings is 1. The van der Waals surface area contributed by atoms with E-state index in [1.807, 2.05) is 0 Å². The summed E-state index contributed by atoms with van der Waals surface area (Å²) in [5.74, 6) is -0.468. The van der Waals surface area contributed by atoms with Crippen molar-refractivity contribution in [2.24, 2.45) is 5.92 Å². The third-order valence-corrected chi connectivity index (χ3v) is 2.96. The second-order valence-electron chi connectivity index (χ2n) is 3.61. The molecule has 0 radical (unpaired) electrons. The van der Waals surface area contributed by atoms with E-state index in [1.54, 1.807) is 25.1 Å². The predicted octanol–water partition coefficient (Wildman–Crippen LogP) is 2.54. The number of rotatable bonds is 4. The first-order chi connectivity index (χ1) is 8.08. The van der Waals surface area contributed by atoms with Gasteiger partial charge >= 0.3 is 5.97 Å². The summed E-state index contributed by atoms with van der Waals surface area (Å²) in [6.45, 7) is 2.27. The van der Waals surface area contributed by atoms with Crippen LogP contribution < -0.4 is 5.32 Å². The molecule has 90 valence electrons. The minimum Gasteiger partial charge on any atom is -0.469 e. The molecule has 17 heavy (non-hydrogen) atoms. The first kappa shape index (κ1) is 13.5. The summed E-state index contributed by atoms with van der Waals surface area (Å²) in [4.78, 5) is 11.2. The average Bonchev–Trinajstić information content (AvgIpc) is 2.35. The molecule has 0 saturated heterocycles. The molecule has 4 nitrogen and oxygen atoms in total. The number of anilines is 1. The van der Waals surface area contributed by atoms with Crippen LogP contribution in [-0.2, 0) is 9.53 Å². The van der Waals surface area contributed by atoms with Crippen LogP contribution in [0.3, 0.4) is 0 Å². The maximum absolute atomic E-state index is 11.2. The van der Waals surface area contributed by atoms with Gasteiger partial charge in [0.2, 0.25) is 0 Å². The van der Waals surface area contributed by atoms with Crippen molar-refractivity contribution in [1.82, 2.24) is 0 Å².